The van der Waals surface area contributed by atoms with Crippen LogP contribution in [0.4, 0.5) is 0 Å². The Labute approximate surface area is 127 Å². The maximum Gasteiger partial charge on any atom is 0.253 e. The Morgan fingerprint density at radius 3 is 2.76 bits per heavy atom. The van der Waals surface area contributed by atoms with Gasteiger partial charge in [-0.15, -0.1) is 0 Å². The lowest BCUT2D eigenvalue weighted by molar-refractivity contribution is 0.0760. The minimum Gasteiger partial charge on any atom is -0.395 e. The Morgan fingerprint density at radius 2 is 2.05 bits per heavy atom. The van der Waals surface area contributed by atoms with E-state index in [1.54, 1.807) is 0 Å². The first kappa shape index (κ1) is 15.6. The van der Waals surface area contributed by atoms with Gasteiger partial charge < -0.3 is 10.0 Å². The second-order valence-corrected chi connectivity index (χ2v) is 5.68. The molecule has 21 heavy (non-hydrogen) atoms. The summed E-state index contributed by atoms with van der Waals surface area (Å²) >= 11 is 0. The van der Waals surface area contributed by atoms with E-state index in [0.29, 0.717) is 12.3 Å². The monoisotopic (exact) mass is 285 g/mol. The molecule has 3 nitrogen and oxygen atoms in total. The number of aliphatic hydroxyl groups is 1. The Bertz CT molecular complexity index is 524. The van der Waals surface area contributed by atoms with Crippen LogP contribution in [0, 0.1) is 17.8 Å². The van der Waals surface area contributed by atoms with Crippen LogP contribution in [0.25, 0.3) is 0 Å². The van der Waals surface area contributed by atoms with Crippen LogP contribution in [0.15, 0.2) is 24.3 Å². The van der Waals surface area contributed by atoms with Crippen LogP contribution >= 0.6 is 0 Å². The summed E-state index contributed by atoms with van der Waals surface area (Å²) in [4.78, 5) is 14.5. The van der Waals surface area contributed by atoms with Crippen LogP contribution in [-0.2, 0) is 0 Å². The van der Waals surface area contributed by atoms with Crippen molar-refractivity contribution in [1.82, 2.24) is 4.90 Å². The molecule has 1 heterocycles. The van der Waals surface area contributed by atoms with E-state index in [1.165, 1.54) is 6.42 Å². The minimum atomic E-state index is 0.0803. The number of hydrogen-bond donors (Lipinski definition) is 1. The number of likely N-dealkylation sites (tertiary alicyclic amines) is 1. The van der Waals surface area contributed by atoms with Crippen LogP contribution < -0.4 is 0 Å². The smallest absolute Gasteiger partial charge is 0.253 e. The zero-order chi connectivity index (χ0) is 15.1. The van der Waals surface area contributed by atoms with E-state index < -0.39 is 0 Å². The zero-order valence-corrected chi connectivity index (χ0v) is 12.6. The number of nitrogens with zero attached hydrogens (tertiary/aromatic N) is 1. The number of benzene rings is 1. The third-order valence-corrected chi connectivity index (χ3v) is 3.91. The fourth-order valence-corrected chi connectivity index (χ4v) is 2.57. The Kier molecular flexibility index (Phi) is 5.83. The first-order valence-corrected chi connectivity index (χ1v) is 7.70. The first-order chi connectivity index (χ1) is 10.2. The molecule has 0 aromatic heterocycles. The highest BCUT2D eigenvalue weighted by Crippen LogP contribution is 2.18. The van der Waals surface area contributed by atoms with Crippen LogP contribution in [0.5, 0.6) is 0 Å². The lowest BCUT2D eigenvalue weighted by Gasteiger charge is -2.20. The van der Waals surface area contributed by atoms with E-state index in [0.717, 1.165) is 37.1 Å². The van der Waals surface area contributed by atoms with E-state index in [-0.39, 0.29) is 12.5 Å². The molecule has 0 bridgehead atoms. The maximum atomic E-state index is 12.5. The number of amides is 1. The molecule has 112 valence electrons. The molecule has 1 aromatic carbocycles. The van der Waals surface area contributed by atoms with Crippen molar-refractivity contribution in [1.29, 1.82) is 0 Å². The lowest BCUT2D eigenvalue weighted by Crippen LogP contribution is -2.31. The lowest BCUT2D eigenvalue weighted by atomic mass is 10.0. The van der Waals surface area contributed by atoms with Crippen LogP contribution in [0.3, 0.4) is 0 Å². The summed E-state index contributed by atoms with van der Waals surface area (Å²) in [5.74, 6) is 6.69. The molecule has 0 saturated carbocycles. The highest BCUT2D eigenvalue weighted by atomic mass is 16.2. The van der Waals surface area contributed by atoms with E-state index in [2.05, 4.69) is 18.8 Å². The maximum absolute atomic E-state index is 12.5. The fraction of sp³-hybridized carbons (Fsp3) is 0.500. The minimum absolute atomic E-state index is 0.0803. The molecule has 1 aromatic rings. The predicted octanol–water partition coefficient (Wildman–Crippen LogP) is 2.68. The SMILES string of the molecule is CC1CCCN(C(=O)c2ccc(C#CCCO)cc2)CC1. The van der Waals surface area contributed by atoms with Gasteiger partial charge in [0.2, 0.25) is 0 Å². The molecule has 1 N–H and O–H groups in total. The molecule has 0 aliphatic carbocycles. The standard InChI is InChI=1S/C18H23NO2/c1-15-5-4-12-19(13-11-15)18(21)17-9-7-16(8-10-17)6-2-3-14-20/h7-10,15,20H,3-5,11-14H2,1H3. The van der Waals surface area contributed by atoms with Gasteiger partial charge in [0.15, 0.2) is 0 Å². The molecule has 1 aliphatic rings. The molecule has 1 amide bonds. The molecule has 1 aliphatic heterocycles. The summed E-state index contributed by atoms with van der Waals surface area (Å²) in [7, 11) is 0. The van der Waals surface area contributed by atoms with Crippen molar-refractivity contribution in [3.05, 3.63) is 35.4 Å². The quantitative estimate of drug-likeness (QED) is 0.849. The molecular weight excluding hydrogens is 262 g/mol. The number of hydrogen-bond acceptors (Lipinski definition) is 2. The molecule has 2 rings (SSSR count). The Balaban J connectivity index is 2.01. The fourth-order valence-electron chi connectivity index (χ4n) is 2.57. The number of carbonyl (C=O) groups excluding carboxylic acids is 1. The van der Waals surface area contributed by atoms with Crippen molar-refractivity contribution in [2.75, 3.05) is 19.7 Å². The Morgan fingerprint density at radius 1 is 1.29 bits per heavy atom. The van der Waals surface area contributed by atoms with Crippen molar-refractivity contribution < 1.29 is 9.90 Å². The number of carbonyl (C=O) groups is 1. The summed E-state index contributed by atoms with van der Waals surface area (Å²) in [5.41, 5.74) is 1.61. The van der Waals surface area contributed by atoms with Gasteiger partial charge in [0.25, 0.3) is 5.91 Å². The van der Waals surface area contributed by atoms with E-state index in [4.69, 9.17) is 5.11 Å². The average Bonchev–Trinajstić information content (AvgIpc) is 2.72. The molecule has 1 fully saturated rings. The second kappa shape index (κ2) is 7.85. The molecular formula is C18H23NO2. The highest BCUT2D eigenvalue weighted by Gasteiger charge is 2.19. The van der Waals surface area contributed by atoms with E-state index in [9.17, 15) is 4.79 Å². The van der Waals surface area contributed by atoms with Gasteiger partial charge in [-0.2, -0.15) is 0 Å². The van der Waals surface area contributed by atoms with Crippen LogP contribution in [0.2, 0.25) is 0 Å². The van der Waals surface area contributed by atoms with Gasteiger partial charge in [-0.3, -0.25) is 4.79 Å². The van der Waals surface area contributed by atoms with Crippen LogP contribution in [-0.4, -0.2) is 35.6 Å². The summed E-state index contributed by atoms with van der Waals surface area (Å²) < 4.78 is 0. The van der Waals surface area contributed by atoms with Gasteiger partial charge >= 0.3 is 0 Å². The third-order valence-electron chi connectivity index (χ3n) is 3.91. The highest BCUT2D eigenvalue weighted by molar-refractivity contribution is 5.94. The van der Waals surface area contributed by atoms with Crippen molar-refractivity contribution >= 4 is 5.91 Å². The normalized spacial score (nSPS) is 18.6. The summed E-state index contributed by atoms with van der Waals surface area (Å²) in [5, 5.41) is 8.69. The molecule has 1 saturated heterocycles. The zero-order valence-electron chi connectivity index (χ0n) is 12.6. The van der Waals surface area contributed by atoms with E-state index in [1.807, 2.05) is 29.2 Å². The van der Waals surface area contributed by atoms with Gasteiger partial charge in [0.1, 0.15) is 0 Å². The number of aliphatic hydroxyl groups excluding tert-OH is 1. The second-order valence-electron chi connectivity index (χ2n) is 5.68. The summed E-state index contributed by atoms with van der Waals surface area (Å²) in [6, 6.07) is 7.44. The van der Waals surface area contributed by atoms with Gasteiger partial charge in [0.05, 0.1) is 6.61 Å². The van der Waals surface area contributed by atoms with Gasteiger partial charge in [0, 0.05) is 30.6 Å². The molecule has 3 heteroatoms. The third kappa shape index (κ3) is 4.61. The topological polar surface area (TPSA) is 40.5 Å². The van der Waals surface area contributed by atoms with Crippen molar-refractivity contribution in [3.63, 3.8) is 0 Å². The van der Waals surface area contributed by atoms with Gasteiger partial charge in [-0.25, -0.2) is 0 Å². The molecule has 1 unspecified atom stereocenters. The summed E-state index contributed by atoms with van der Waals surface area (Å²) in [6.45, 7) is 4.06. The van der Waals surface area contributed by atoms with Gasteiger partial charge in [-0.05, 0) is 49.4 Å². The average molecular weight is 285 g/mol. The first-order valence-electron chi connectivity index (χ1n) is 7.70. The van der Waals surface area contributed by atoms with Crippen molar-refractivity contribution in [2.45, 2.75) is 32.6 Å². The molecule has 1 atom stereocenters. The number of rotatable bonds is 2. The van der Waals surface area contributed by atoms with Crippen LogP contribution in [0.1, 0.15) is 48.5 Å². The molecule has 0 radical (unpaired) electrons. The van der Waals surface area contributed by atoms with Crippen molar-refractivity contribution in [3.8, 4) is 11.8 Å². The summed E-state index contributed by atoms with van der Waals surface area (Å²) in [6.07, 6.45) is 3.88. The van der Waals surface area contributed by atoms with Gasteiger partial charge in [-0.1, -0.05) is 18.8 Å². The van der Waals surface area contributed by atoms with Crippen molar-refractivity contribution in [2.24, 2.45) is 5.92 Å². The Hall–Kier alpha value is -1.79. The van der Waals surface area contributed by atoms with E-state index >= 15 is 0 Å². The predicted molar refractivity (Wildman–Crippen MR) is 83.9 cm³/mol. The molecule has 0 spiro atoms. The largest absolute Gasteiger partial charge is 0.395 e.